The number of carbonyl (C=O) groups is 2. The van der Waals surface area contributed by atoms with E-state index in [1.807, 2.05) is 0 Å². The van der Waals surface area contributed by atoms with E-state index >= 15 is 0 Å². The van der Waals surface area contributed by atoms with Crippen molar-refractivity contribution in [2.24, 2.45) is 0 Å². The normalized spacial score (nSPS) is 11.5. The first-order valence-corrected chi connectivity index (χ1v) is 6.91. The van der Waals surface area contributed by atoms with E-state index in [0.29, 0.717) is 11.3 Å². The number of benzene rings is 2. The van der Waals surface area contributed by atoms with E-state index in [1.165, 1.54) is 24.3 Å². The molecule has 2 aromatic rings. The topological polar surface area (TPSA) is 55.4 Å². The molecule has 1 unspecified atom stereocenters. The lowest BCUT2D eigenvalue weighted by Gasteiger charge is -2.17. The van der Waals surface area contributed by atoms with Gasteiger partial charge in [0.2, 0.25) is 6.10 Å². The van der Waals surface area contributed by atoms with Crippen LogP contribution in [0.25, 0.3) is 0 Å². The van der Waals surface area contributed by atoms with Crippen molar-refractivity contribution >= 4 is 17.6 Å². The third kappa shape index (κ3) is 4.15. The molecule has 1 amide bonds. The third-order valence-electron chi connectivity index (χ3n) is 2.99. The molecule has 0 fully saturated rings. The van der Waals surface area contributed by atoms with Gasteiger partial charge in [0, 0.05) is 17.7 Å². The zero-order valence-corrected chi connectivity index (χ0v) is 12.1. The maximum absolute atomic E-state index is 12.9. The molecule has 0 saturated heterocycles. The standard InChI is InChI=1S/C17H16FNO3/c1-2-15(20)22-16(12-6-4-3-5-7-12)17(21)19-14-10-8-13(18)9-11-14/h3-11,16H,2H2,1H3,(H,19,21). The number of anilines is 1. The Kier molecular flexibility index (Phi) is 5.25. The largest absolute Gasteiger partial charge is 0.447 e. The van der Waals surface area contributed by atoms with Gasteiger partial charge in [-0.3, -0.25) is 9.59 Å². The van der Waals surface area contributed by atoms with Gasteiger partial charge in [-0.25, -0.2) is 4.39 Å². The zero-order valence-electron chi connectivity index (χ0n) is 12.1. The summed E-state index contributed by atoms with van der Waals surface area (Å²) in [6.45, 7) is 1.66. The highest BCUT2D eigenvalue weighted by Gasteiger charge is 2.24. The summed E-state index contributed by atoms with van der Waals surface area (Å²) >= 11 is 0. The van der Waals surface area contributed by atoms with Crippen molar-refractivity contribution in [1.29, 1.82) is 0 Å². The number of hydrogen-bond acceptors (Lipinski definition) is 3. The van der Waals surface area contributed by atoms with E-state index in [-0.39, 0.29) is 6.42 Å². The molecule has 1 atom stereocenters. The lowest BCUT2D eigenvalue weighted by Crippen LogP contribution is -2.25. The maximum Gasteiger partial charge on any atom is 0.306 e. The van der Waals surface area contributed by atoms with Crippen LogP contribution in [0.2, 0.25) is 0 Å². The molecule has 4 nitrogen and oxygen atoms in total. The molecule has 22 heavy (non-hydrogen) atoms. The molecule has 5 heteroatoms. The molecule has 0 aliphatic rings. The second-order valence-corrected chi connectivity index (χ2v) is 4.63. The Labute approximate surface area is 127 Å². The number of esters is 1. The molecule has 114 valence electrons. The number of nitrogens with one attached hydrogen (secondary N) is 1. The summed E-state index contributed by atoms with van der Waals surface area (Å²) in [4.78, 5) is 23.9. The average Bonchev–Trinajstić information content (AvgIpc) is 2.55. The van der Waals surface area contributed by atoms with Crippen LogP contribution < -0.4 is 5.32 Å². The second kappa shape index (κ2) is 7.36. The van der Waals surface area contributed by atoms with Crippen molar-refractivity contribution in [3.05, 3.63) is 66.0 Å². The zero-order chi connectivity index (χ0) is 15.9. The first-order valence-electron chi connectivity index (χ1n) is 6.91. The van der Waals surface area contributed by atoms with Gasteiger partial charge in [-0.15, -0.1) is 0 Å². The number of carbonyl (C=O) groups excluding carboxylic acids is 2. The van der Waals surface area contributed by atoms with Crippen molar-refractivity contribution in [2.75, 3.05) is 5.32 Å². The quantitative estimate of drug-likeness (QED) is 0.860. The average molecular weight is 301 g/mol. The van der Waals surface area contributed by atoms with E-state index in [2.05, 4.69) is 5.32 Å². The fourth-order valence-electron chi connectivity index (χ4n) is 1.86. The number of ether oxygens (including phenoxy) is 1. The molecule has 0 aliphatic heterocycles. The van der Waals surface area contributed by atoms with Crippen molar-refractivity contribution < 1.29 is 18.7 Å². The van der Waals surface area contributed by atoms with Gasteiger partial charge in [0.25, 0.3) is 5.91 Å². The Morgan fingerprint density at radius 3 is 2.32 bits per heavy atom. The molecule has 0 aromatic heterocycles. The van der Waals surface area contributed by atoms with Gasteiger partial charge < -0.3 is 10.1 Å². The molecular formula is C17H16FNO3. The fourth-order valence-corrected chi connectivity index (χ4v) is 1.86. The van der Waals surface area contributed by atoms with Crippen LogP contribution in [0.15, 0.2) is 54.6 Å². The van der Waals surface area contributed by atoms with Crippen LogP contribution in [0.5, 0.6) is 0 Å². The minimum Gasteiger partial charge on any atom is -0.447 e. The van der Waals surface area contributed by atoms with Crippen LogP contribution in [0.1, 0.15) is 25.0 Å². The number of amides is 1. The predicted octanol–water partition coefficient (Wildman–Crippen LogP) is 3.46. The predicted molar refractivity (Wildman–Crippen MR) is 80.6 cm³/mol. The maximum atomic E-state index is 12.9. The van der Waals surface area contributed by atoms with Gasteiger partial charge in [0.05, 0.1) is 0 Å². The molecule has 0 heterocycles. The number of rotatable bonds is 5. The van der Waals surface area contributed by atoms with Gasteiger partial charge in [-0.2, -0.15) is 0 Å². The van der Waals surface area contributed by atoms with Crippen LogP contribution in [-0.4, -0.2) is 11.9 Å². The van der Waals surface area contributed by atoms with E-state index in [1.54, 1.807) is 37.3 Å². The molecule has 2 aromatic carbocycles. The van der Waals surface area contributed by atoms with E-state index in [9.17, 15) is 14.0 Å². The summed E-state index contributed by atoms with van der Waals surface area (Å²) in [7, 11) is 0. The Bertz CT molecular complexity index is 641. The molecule has 2 rings (SSSR count). The fraction of sp³-hybridized carbons (Fsp3) is 0.176. The van der Waals surface area contributed by atoms with E-state index < -0.39 is 23.8 Å². The second-order valence-electron chi connectivity index (χ2n) is 4.63. The summed E-state index contributed by atoms with van der Waals surface area (Å²) in [6, 6.07) is 14.1. The molecule has 0 bridgehead atoms. The summed E-state index contributed by atoms with van der Waals surface area (Å²) < 4.78 is 18.1. The van der Waals surface area contributed by atoms with Crippen molar-refractivity contribution in [2.45, 2.75) is 19.4 Å². The van der Waals surface area contributed by atoms with E-state index in [0.717, 1.165) is 0 Å². The molecule has 0 radical (unpaired) electrons. The number of hydrogen-bond donors (Lipinski definition) is 1. The smallest absolute Gasteiger partial charge is 0.306 e. The van der Waals surface area contributed by atoms with Crippen molar-refractivity contribution in [3.63, 3.8) is 0 Å². The summed E-state index contributed by atoms with van der Waals surface area (Å²) in [5.41, 5.74) is 1.00. The van der Waals surface area contributed by atoms with Crippen LogP contribution in [-0.2, 0) is 14.3 Å². The van der Waals surface area contributed by atoms with E-state index in [4.69, 9.17) is 4.74 Å². The van der Waals surface area contributed by atoms with Gasteiger partial charge in [0.15, 0.2) is 0 Å². The minimum atomic E-state index is -1.04. The lowest BCUT2D eigenvalue weighted by molar-refractivity contribution is -0.154. The highest BCUT2D eigenvalue weighted by atomic mass is 19.1. The minimum absolute atomic E-state index is 0.174. The Balaban J connectivity index is 2.18. The van der Waals surface area contributed by atoms with Crippen LogP contribution in [0.4, 0.5) is 10.1 Å². The first kappa shape index (κ1) is 15.7. The molecule has 0 spiro atoms. The van der Waals surface area contributed by atoms with Crippen molar-refractivity contribution in [3.8, 4) is 0 Å². The number of halogens is 1. The third-order valence-corrected chi connectivity index (χ3v) is 2.99. The van der Waals surface area contributed by atoms with Crippen LogP contribution >= 0.6 is 0 Å². The summed E-state index contributed by atoms with van der Waals surface area (Å²) in [5, 5.41) is 2.61. The Morgan fingerprint density at radius 1 is 1.09 bits per heavy atom. The SMILES string of the molecule is CCC(=O)OC(C(=O)Nc1ccc(F)cc1)c1ccccc1. The van der Waals surface area contributed by atoms with Crippen molar-refractivity contribution in [1.82, 2.24) is 0 Å². The Hall–Kier alpha value is -2.69. The molecule has 0 aliphatic carbocycles. The molecule has 1 N–H and O–H groups in total. The monoisotopic (exact) mass is 301 g/mol. The summed E-state index contributed by atoms with van der Waals surface area (Å²) in [6.07, 6.45) is -0.869. The first-order chi connectivity index (χ1) is 10.6. The van der Waals surface area contributed by atoms with Gasteiger partial charge in [0.1, 0.15) is 5.82 Å². The Morgan fingerprint density at radius 2 is 1.73 bits per heavy atom. The molecule has 0 saturated carbocycles. The van der Waals surface area contributed by atoms with Gasteiger partial charge >= 0.3 is 5.97 Å². The van der Waals surface area contributed by atoms with Crippen LogP contribution in [0, 0.1) is 5.82 Å². The lowest BCUT2D eigenvalue weighted by atomic mass is 10.1. The summed E-state index contributed by atoms with van der Waals surface area (Å²) in [5.74, 6) is -1.35. The van der Waals surface area contributed by atoms with Crippen LogP contribution in [0.3, 0.4) is 0 Å². The van der Waals surface area contributed by atoms with Gasteiger partial charge in [-0.05, 0) is 24.3 Å². The highest BCUT2D eigenvalue weighted by Crippen LogP contribution is 2.20. The highest BCUT2D eigenvalue weighted by molar-refractivity contribution is 5.96. The molecular weight excluding hydrogens is 285 g/mol. The van der Waals surface area contributed by atoms with Gasteiger partial charge in [-0.1, -0.05) is 37.3 Å².